The topological polar surface area (TPSA) is 69.2 Å². The number of nitrogens with zero attached hydrogens (tertiary/aromatic N) is 1. The minimum Gasteiger partial charge on any atom is -0.490 e. The Hall–Kier alpha value is -2.59. The molecule has 1 amide bonds. The molecular formula is C26H26BrIN2O4. The van der Waals surface area contributed by atoms with Gasteiger partial charge < -0.3 is 14.2 Å². The molecule has 0 aliphatic heterocycles. The fourth-order valence-electron chi connectivity index (χ4n) is 3.18. The Labute approximate surface area is 222 Å². The molecule has 0 saturated heterocycles. The van der Waals surface area contributed by atoms with Gasteiger partial charge in [0.1, 0.15) is 12.4 Å². The van der Waals surface area contributed by atoms with Crippen LogP contribution in [-0.2, 0) is 11.4 Å². The molecule has 1 N–H and O–H groups in total. The number of hydrazone groups is 1. The lowest BCUT2D eigenvalue weighted by Crippen LogP contribution is -2.25. The summed E-state index contributed by atoms with van der Waals surface area (Å²) in [5, 5.41) is 4.06. The zero-order valence-electron chi connectivity index (χ0n) is 19.2. The van der Waals surface area contributed by atoms with Crippen LogP contribution in [0.15, 0.2) is 64.2 Å². The van der Waals surface area contributed by atoms with Gasteiger partial charge in [-0.15, -0.1) is 0 Å². The van der Waals surface area contributed by atoms with Crippen LogP contribution in [-0.4, -0.2) is 25.3 Å². The van der Waals surface area contributed by atoms with Crippen molar-refractivity contribution >= 4 is 50.6 Å². The zero-order valence-corrected chi connectivity index (χ0v) is 23.0. The summed E-state index contributed by atoms with van der Waals surface area (Å²) in [6.07, 6.45) is 1.57. The molecule has 0 aliphatic rings. The summed E-state index contributed by atoms with van der Waals surface area (Å²) in [5.41, 5.74) is 6.30. The summed E-state index contributed by atoms with van der Waals surface area (Å²) < 4.78 is 19.4. The second-order valence-corrected chi connectivity index (χ2v) is 9.56. The highest BCUT2D eigenvalue weighted by Crippen LogP contribution is 2.34. The Morgan fingerprint density at radius 1 is 1.03 bits per heavy atom. The Morgan fingerprint density at radius 3 is 2.41 bits per heavy atom. The average Bonchev–Trinajstić information content (AvgIpc) is 2.79. The van der Waals surface area contributed by atoms with Crippen molar-refractivity contribution in [1.29, 1.82) is 0 Å². The molecule has 178 valence electrons. The highest BCUT2D eigenvalue weighted by atomic mass is 127. The lowest BCUT2D eigenvalue weighted by molar-refractivity contribution is -0.123. The fourth-order valence-corrected chi connectivity index (χ4v) is 4.22. The molecule has 0 fully saturated rings. The van der Waals surface area contributed by atoms with Crippen LogP contribution in [0.2, 0.25) is 0 Å². The van der Waals surface area contributed by atoms with Crippen molar-refractivity contribution in [1.82, 2.24) is 5.43 Å². The summed E-state index contributed by atoms with van der Waals surface area (Å²) in [6, 6.07) is 17.6. The molecule has 3 rings (SSSR count). The van der Waals surface area contributed by atoms with E-state index in [0.717, 1.165) is 36.0 Å². The number of halogens is 2. The van der Waals surface area contributed by atoms with Gasteiger partial charge >= 0.3 is 0 Å². The average molecular weight is 637 g/mol. The Bertz CT molecular complexity index is 1150. The molecule has 0 aromatic heterocycles. The van der Waals surface area contributed by atoms with Gasteiger partial charge in [0.25, 0.3) is 5.91 Å². The van der Waals surface area contributed by atoms with E-state index in [2.05, 4.69) is 49.0 Å². The fraction of sp³-hybridized carbons (Fsp3) is 0.231. The number of para-hydroxylation sites is 1. The summed E-state index contributed by atoms with van der Waals surface area (Å²) in [5.74, 6) is 1.68. The normalized spacial score (nSPS) is 10.9. The molecule has 0 atom stereocenters. The molecular weight excluding hydrogens is 611 g/mol. The van der Waals surface area contributed by atoms with Gasteiger partial charge in [0.15, 0.2) is 18.1 Å². The van der Waals surface area contributed by atoms with Gasteiger partial charge in [-0.2, -0.15) is 5.10 Å². The summed E-state index contributed by atoms with van der Waals surface area (Å²) in [7, 11) is 0. The van der Waals surface area contributed by atoms with E-state index in [1.807, 2.05) is 75.4 Å². The minimum atomic E-state index is -0.340. The predicted octanol–water partition coefficient (Wildman–Crippen LogP) is 6.18. The summed E-state index contributed by atoms with van der Waals surface area (Å²) in [4.78, 5) is 12.2. The molecule has 8 heteroatoms. The zero-order chi connectivity index (χ0) is 24.5. The maximum Gasteiger partial charge on any atom is 0.277 e. The van der Waals surface area contributed by atoms with Gasteiger partial charge in [-0.25, -0.2) is 5.43 Å². The van der Waals surface area contributed by atoms with Crippen LogP contribution in [0.25, 0.3) is 0 Å². The monoisotopic (exact) mass is 636 g/mol. The van der Waals surface area contributed by atoms with E-state index >= 15 is 0 Å². The molecule has 0 aliphatic carbocycles. The van der Waals surface area contributed by atoms with E-state index in [1.165, 1.54) is 0 Å². The van der Waals surface area contributed by atoms with Crippen LogP contribution in [0, 0.1) is 17.4 Å². The molecule has 0 saturated carbocycles. The standard InChI is InChI=1S/C26H26BrIN2O4/c1-4-32-23-13-20(12-22(28)26(23)33-15-19-8-10-21(27)11-9-19)14-29-30-24(31)16-34-25-17(2)6-5-7-18(25)3/h5-14H,4,15-16H2,1-3H3,(H,30,31)/b29-14-. The molecule has 0 spiro atoms. The van der Waals surface area contributed by atoms with Gasteiger partial charge in [0, 0.05) is 4.47 Å². The van der Waals surface area contributed by atoms with E-state index < -0.39 is 0 Å². The quantitative estimate of drug-likeness (QED) is 0.164. The first-order valence-electron chi connectivity index (χ1n) is 10.7. The van der Waals surface area contributed by atoms with Crippen molar-refractivity contribution in [3.05, 3.63) is 84.9 Å². The van der Waals surface area contributed by atoms with Crippen LogP contribution < -0.4 is 19.6 Å². The van der Waals surface area contributed by atoms with Gasteiger partial charge in [0.2, 0.25) is 0 Å². The SMILES string of the molecule is CCOc1cc(/C=N\NC(=O)COc2c(C)cccc2C)cc(I)c1OCc1ccc(Br)cc1. The number of hydrogen-bond acceptors (Lipinski definition) is 5. The van der Waals surface area contributed by atoms with Gasteiger partial charge in [-0.3, -0.25) is 4.79 Å². The number of rotatable bonds is 10. The number of carbonyl (C=O) groups is 1. The highest BCUT2D eigenvalue weighted by Gasteiger charge is 2.12. The maximum absolute atomic E-state index is 12.2. The van der Waals surface area contributed by atoms with E-state index in [9.17, 15) is 4.79 Å². The first kappa shape index (κ1) is 26.0. The number of ether oxygens (including phenoxy) is 3. The number of nitrogens with one attached hydrogen (secondary N) is 1. The number of carbonyl (C=O) groups excluding carboxylic acids is 1. The molecule has 6 nitrogen and oxygen atoms in total. The van der Waals surface area contributed by atoms with Crippen molar-refractivity contribution in [3.8, 4) is 17.2 Å². The summed E-state index contributed by atoms with van der Waals surface area (Å²) >= 11 is 5.65. The third-order valence-electron chi connectivity index (χ3n) is 4.79. The largest absolute Gasteiger partial charge is 0.490 e. The number of aryl methyl sites for hydroxylation is 2. The smallest absolute Gasteiger partial charge is 0.277 e. The third kappa shape index (κ3) is 7.46. The summed E-state index contributed by atoms with van der Waals surface area (Å²) in [6.45, 7) is 6.62. The molecule has 0 bridgehead atoms. The molecule has 0 unspecified atom stereocenters. The van der Waals surface area contributed by atoms with Gasteiger partial charge in [-0.1, -0.05) is 46.3 Å². The Morgan fingerprint density at radius 2 is 1.74 bits per heavy atom. The van der Waals surface area contributed by atoms with Gasteiger partial charge in [-0.05, 0) is 89.9 Å². The molecule has 0 radical (unpaired) electrons. The Kier molecular flexibility index (Phi) is 9.76. The predicted molar refractivity (Wildman–Crippen MR) is 146 cm³/mol. The second-order valence-electron chi connectivity index (χ2n) is 7.48. The number of hydrogen-bond donors (Lipinski definition) is 1. The van der Waals surface area contributed by atoms with Crippen molar-refractivity contribution in [2.45, 2.75) is 27.4 Å². The van der Waals surface area contributed by atoms with Crippen molar-refractivity contribution < 1.29 is 19.0 Å². The maximum atomic E-state index is 12.2. The number of benzene rings is 3. The first-order valence-corrected chi connectivity index (χ1v) is 12.6. The van der Waals surface area contributed by atoms with Crippen LogP contribution in [0.4, 0.5) is 0 Å². The van der Waals surface area contributed by atoms with Crippen molar-refractivity contribution in [3.63, 3.8) is 0 Å². The molecule has 0 heterocycles. The second kappa shape index (κ2) is 12.8. The van der Waals surface area contributed by atoms with E-state index in [1.54, 1.807) is 6.21 Å². The number of amides is 1. The minimum absolute atomic E-state index is 0.117. The molecule has 3 aromatic carbocycles. The van der Waals surface area contributed by atoms with E-state index in [0.29, 0.717) is 24.7 Å². The van der Waals surface area contributed by atoms with E-state index in [4.69, 9.17) is 14.2 Å². The van der Waals surface area contributed by atoms with Gasteiger partial charge in [0.05, 0.1) is 16.4 Å². The van der Waals surface area contributed by atoms with Crippen molar-refractivity contribution in [2.24, 2.45) is 5.10 Å². The Balaban J connectivity index is 1.62. The third-order valence-corrected chi connectivity index (χ3v) is 6.12. The first-order chi connectivity index (χ1) is 16.4. The van der Waals surface area contributed by atoms with Crippen LogP contribution in [0.5, 0.6) is 17.2 Å². The lowest BCUT2D eigenvalue weighted by atomic mass is 10.1. The molecule has 3 aromatic rings. The van der Waals surface area contributed by atoms with Crippen LogP contribution in [0.3, 0.4) is 0 Å². The highest BCUT2D eigenvalue weighted by molar-refractivity contribution is 14.1. The van der Waals surface area contributed by atoms with E-state index in [-0.39, 0.29) is 12.5 Å². The van der Waals surface area contributed by atoms with Crippen LogP contribution >= 0.6 is 38.5 Å². The van der Waals surface area contributed by atoms with Crippen molar-refractivity contribution in [2.75, 3.05) is 13.2 Å². The van der Waals surface area contributed by atoms with Crippen LogP contribution in [0.1, 0.15) is 29.2 Å². The lowest BCUT2D eigenvalue weighted by Gasteiger charge is -2.15. The molecule has 34 heavy (non-hydrogen) atoms.